The predicted octanol–water partition coefficient (Wildman–Crippen LogP) is 2.61. The second-order valence-electron chi connectivity index (χ2n) is 5.35. The van der Waals surface area contributed by atoms with Crippen molar-refractivity contribution in [3.8, 4) is 0 Å². The van der Waals surface area contributed by atoms with E-state index in [0.29, 0.717) is 6.54 Å². The Balaban J connectivity index is 0.00000242. The smallest absolute Gasteiger partial charge is 0.191 e. The van der Waals surface area contributed by atoms with Crippen LogP contribution in [-0.2, 0) is 6.54 Å². The van der Waals surface area contributed by atoms with Crippen LogP contribution in [0.2, 0.25) is 0 Å². The van der Waals surface area contributed by atoms with Crippen LogP contribution in [-0.4, -0.2) is 48.1 Å². The molecule has 1 heterocycles. The molecule has 1 aromatic heterocycles. The van der Waals surface area contributed by atoms with Gasteiger partial charge in [0, 0.05) is 36.8 Å². The number of guanidine groups is 1. The summed E-state index contributed by atoms with van der Waals surface area (Å²) >= 11 is 1.71. The van der Waals surface area contributed by atoms with Crippen LogP contribution in [0.5, 0.6) is 0 Å². The predicted molar refractivity (Wildman–Crippen MR) is 105 cm³/mol. The van der Waals surface area contributed by atoms with E-state index < -0.39 is 0 Å². The Hall–Kier alpha value is -0.410. The number of likely N-dealkylation sites (N-methyl/N-ethyl adjacent to an activating group) is 1. The van der Waals surface area contributed by atoms with E-state index in [1.807, 2.05) is 6.20 Å². The molecule has 1 fully saturated rings. The zero-order chi connectivity index (χ0) is 15.1. The summed E-state index contributed by atoms with van der Waals surface area (Å²) in [7, 11) is 0. The zero-order valence-electron chi connectivity index (χ0n) is 13.8. The summed E-state index contributed by atoms with van der Waals surface area (Å²) in [5.74, 6) is 0.886. The Morgan fingerprint density at radius 1 is 1.41 bits per heavy atom. The third-order valence-corrected chi connectivity index (χ3v) is 4.44. The van der Waals surface area contributed by atoms with E-state index in [1.165, 1.54) is 17.7 Å². The summed E-state index contributed by atoms with van der Waals surface area (Å²) < 4.78 is 0. The average molecular weight is 437 g/mol. The number of halogens is 1. The van der Waals surface area contributed by atoms with Gasteiger partial charge in [-0.1, -0.05) is 6.92 Å². The Morgan fingerprint density at radius 3 is 2.73 bits per heavy atom. The Morgan fingerprint density at radius 2 is 2.18 bits per heavy atom. The summed E-state index contributed by atoms with van der Waals surface area (Å²) in [5.41, 5.74) is 0. The highest BCUT2D eigenvalue weighted by atomic mass is 127. The lowest BCUT2D eigenvalue weighted by Gasteiger charge is -2.20. The Labute approximate surface area is 155 Å². The fraction of sp³-hybridized carbons (Fsp3) is 0.733. The molecule has 7 heteroatoms. The van der Waals surface area contributed by atoms with Gasteiger partial charge in [0.25, 0.3) is 0 Å². The van der Waals surface area contributed by atoms with Crippen LogP contribution in [0.15, 0.2) is 11.2 Å². The van der Waals surface area contributed by atoms with Crippen molar-refractivity contribution in [3.05, 3.63) is 16.1 Å². The van der Waals surface area contributed by atoms with Crippen LogP contribution >= 0.6 is 35.3 Å². The highest BCUT2D eigenvalue weighted by Gasteiger charge is 2.27. The highest BCUT2D eigenvalue weighted by molar-refractivity contribution is 14.0. The topological polar surface area (TPSA) is 52.6 Å². The molecule has 0 aliphatic heterocycles. The second-order valence-corrected chi connectivity index (χ2v) is 6.67. The number of nitrogens with zero attached hydrogens (tertiary/aromatic N) is 3. The molecule has 22 heavy (non-hydrogen) atoms. The van der Waals surface area contributed by atoms with Crippen molar-refractivity contribution in [3.63, 3.8) is 0 Å². The summed E-state index contributed by atoms with van der Waals surface area (Å²) in [6.07, 6.45) is 4.64. The van der Waals surface area contributed by atoms with Gasteiger partial charge in [0.2, 0.25) is 0 Å². The minimum atomic E-state index is 0. The molecule has 0 aromatic carbocycles. The molecule has 126 valence electrons. The van der Waals surface area contributed by atoms with Gasteiger partial charge >= 0.3 is 0 Å². The van der Waals surface area contributed by atoms with Crippen LogP contribution < -0.4 is 10.6 Å². The van der Waals surface area contributed by atoms with Crippen LogP contribution in [0.4, 0.5) is 0 Å². The first kappa shape index (κ1) is 19.6. The van der Waals surface area contributed by atoms with Crippen molar-refractivity contribution >= 4 is 41.3 Å². The van der Waals surface area contributed by atoms with Gasteiger partial charge in [-0.05, 0) is 33.2 Å². The van der Waals surface area contributed by atoms with E-state index in [-0.39, 0.29) is 24.0 Å². The van der Waals surface area contributed by atoms with Crippen molar-refractivity contribution in [2.24, 2.45) is 4.99 Å². The molecule has 1 aliphatic rings. The van der Waals surface area contributed by atoms with Crippen molar-refractivity contribution in [2.75, 3.05) is 26.2 Å². The third kappa shape index (κ3) is 6.78. The maximum Gasteiger partial charge on any atom is 0.191 e. The van der Waals surface area contributed by atoms with Gasteiger partial charge in [0.15, 0.2) is 5.96 Å². The number of thiazole rings is 1. The van der Waals surface area contributed by atoms with E-state index in [2.05, 4.69) is 46.3 Å². The number of hydrogen-bond acceptors (Lipinski definition) is 4. The maximum absolute atomic E-state index is 4.60. The lowest BCUT2D eigenvalue weighted by atomic mass is 10.4. The molecule has 1 saturated carbocycles. The fourth-order valence-corrected chi connectivity index (χ4v) is 3.03. The molecular formula is C15H28IN5S. The number of aliphatic imine (C=N–C) groups is 1. The van der Waals surface area contributed by atoms with Gasteiger partial charge in [0.1, 0.15) is 5.01 Å². The monoisotopic (exact) mass is 437 g/mol. The molecule has 0 spiro atoms. The van der Waals surface area contributed by atoms with Crippen molar-refractivity contribution < 1.29 is 0 Å². The normalized spacial score (nSPS) is 14.8. The van der Waals surface area contributed by atoms with Crippen LogP contribution in [0.1, 0.15) is 36.6 Å². The quantitative estimate of drug-likeness (QED) is 0.373. The molecule has 0 radical (unpaired) electrons. The SMILES string of the molecule is CCNC(=NCc1ncc(C)s1)NCCN(CC)C1CC1.I. The number of aryl methyl sites for hydroxylation is 1. The van der Waals surface area contributed by atoms with Gasteiger partial charge in [0.05, 0.1) is 6.54 Å². The van der Waals surface area contributed by atoms with Crippen molar-refractivity contribution in [1.29, 1.82) is 0 Å². The van der Waals surface area contributed by atoms with Gasteiger partial charge in [-0.15, -0.1) is 35.3 Å². The standard InChI is InChI=1S/C15H27N5S.HI/c1-4-16-15(19-11-14-18-10-12(3)21-14)17-8-9-20(5-2)13-6-7-13;/h10,13H,4-9,11H2,1-3H3,(H2,16,17,19);1H. The number of nitrogens with one attached hydrogen (secondary N) is 2. The number of rotatable bonds is 8. The lowest BCUT2D eigenvalue weighted by Crippen LogP contribution is -2.42. The molecule has 0 amide bonds. The van der Waals surface area contributed by atoms with E-state index in [4.69, 9.17) is 0 Å². The Kier molecular flexibility index (Phi) is 9.27. The van der Waals surface area contributed by atoms with E-state index in [0.717, 1.165) is 43.2 Å². The molecule has 0 atom stereocenters. The van der Waals surface area contributed by atoms with Crippen molar-refractivity contribution in [2.45, 2.75) is 46.2 Å². The summed E-state index contributed by atoms with van der Waals surface area (Å²) in [6, 6.07) is 0.828. The largest absolute Gasteiger partial charge is 0.357 e. The number of aromatic nitrogens is 1. The van der Waals surface area contributed by atoms with Gasteiger partial charge in [-0.2, -0.15) is 0 Å². The highest BCUT2D eigenvalue weighted by Crippen LogP contribution is 2.25. The van der Waals surface area contributed by atoms with E-state index in [9.17, 15) is 0 Å². The Bertz CT molecular complexity index is 459. The summed E-state index contributed by atoms with van der Waals surface area (Å²) in [6.45, 7) is 11.1. The zero-order valence-corrected chi connectivity index (χ0v) is 16.9. The van der Waals surface area contributed by atoms with E-state index >= 15 is 0 Å². The number of hydrogen-bond donors (Lipinski definition) is 2. The van der Waals surface area contributed by atoms with Crippen LogP contribution in [0.25, 0.3) is 0 Å². The molecule has 2 N–H and O–H groups in total. The molecule has 5 nitrogen and oxygen atoms in total. The van der Waals surface area contributed by atoms with Crippen molar-refractivity contribution in [1.82, 2.24) is 20.5 Å². The van der Waals surface area contributed by atoms with Crippen LogP contribution in [0, 0.1) is 6.92 Å². The maximum atomic E-state index is 4.60. The first-order valence-corrected chi connectivity index (χ1v) is 8.72. The first-order chi connectivity index (χ1) is 10.2. The fourth-order valence-electron chi connectivity index (χ4n) is 2.32. The molecular weight excluding hydrogens is 409 g/mol. The molecule has 1 aliphatic carbocycles. The van der Waals surface area contributed by atoms with Gasteiger partial charge < -0.3 is 10.6 Å². The van der Waals surface area contributed by atoms with Gasteiger partial charge in [-0.25, -0.2) is 9.98 Å². The first-order valence-electron chi connectivity index (χ1n) is 7.90. The molecule has 2 rings (SSSR count). The summed E-state index contributed by atoms with van der Waals surface area (Å²) in [5, 5.41) is 7.78. The molecule has 0 bridgehead atoms. The molecule has 0 saturated heterocycles. The minimum Gasteiger partial charge on any atom is -0.357 e. The second kappa shape index (κ2) is 10.4. The van der Waals surface area contributed by atoms with Crippen LogP contribution in [0.3, 0.4) is 0 Å². The minimum absolute atomic E-state index is 0. The average Bonchev–Trinajstić information content (AvgIpc) is 3.23. The summed E-state index contributed by atoms with van der Waals surface area (Å²) in [4.78, 5) is 12.7. The molecule has 1 aromatic rings. The lowest BCUT2D eigenvalue weighted by molar-refractivity contribution is 0.282. The third-order valence-electron chi connectivity index (χ3n) is 3.55. The van der Waals surface area contributed by atoms with Gasteiger partial charge in [-0.3, -0.25) is 4.90 Å². The van der Waals surface area contributed by atoms with E-state index in [1.54, 1.807) is 11.3 Å². The molecule has 0 unspecified atom stereocenters.